The predicted molar refractivity (Wildman–Crippen MR) is 105 cm³/mol. The van der Waals surface area contributed by atoms with Crippen molar-refractivity contribution in [3.8, 4) is 5.75 Å². The minimum Gasteiger partial charge on any atom is -0.455 e. The van der Waals surface area contributed by atoms with Gasteiger partial charge in [0, 0.05) is 18.5 Å². The number of piperidine rings is 1. The van der Waals surface area contributed by atoms with Gasteiger partial charge in [-0.25, -0.2) is 0 Å². The normalized spacial score (nSPS) is 24.1. The quantitative estimate of drug-likeness (QED) is 0.790. The first-order valence-electron chi connectivity index (χ1n) is 9.87. The Balaban J connectivity index is 2.20. The Hall–Kier alpha value is -2.77. The summed E-state index contributed by atoms with van der Waals surface area (Å²) >= 11 is 0. The summed E-state index contributed by atoms with van der Waals surface area (Å²) in [4.78, 5) is 25.8. The molecule has 0 aliphatic carbocycles. The molecule has 8 heteroatoms. The first-order valence-corrected chi connectivity index (χ1v) is 9.87. The molecule has 1 N–H and O–H groups in total. The third kappa shape index (κ3) is 3.95. The van der Waals surface area contributed by atoms with Gasteiger partial charge in [-0.2, -0.15) is 13.2 Å². The molecule has 162 valence electrons. The number of ether oxygens (including phenoxy) is 1. The van der Waals surface area contributed by atoms with Crippen LogP contribution in [0, 0.1) is 0 Å². The van der Waals surface area contributed by atoms with Gasteiger partial charge in [-0.1, -0.05) is 24.3 Å². The maximum Gasteiger partial charge on any atom is 0.471 e. The van der Waals surface area contributed by atoms with Crippen molar-refractivity contribution < 1.29 is 27.5 Å². The van der Waals surface area contributed by atoms with Crippen LogP contribution in [-0.2, 0) is 15.1 Å². The second-order valence-electron chi connectivity index (χ2n) is 7.75. The molecule has 30 heavy (non-hydrogen) atoms. The molecular weight excluding hydrogens is 397 g/mol. The highest BCUT2D eigenvalue weighted by Crippen LogP contribution is 2.47. The van der Waals surface area contributed by atoms with Gasteiger partial charge in [-0.05, 0) is 45.8 Å². The highest BCUT2D eigenvalue weighted by molar-refractivity contribution is 5.82. The van der Waals surface area contributed by atoms with E-state index in [1.165, 1.54) is 6.92 Å². The fourth-order valence-corrected chi connectivity index (χ4v) is 4.34. The topological polar surface area (TPSA) is 58.6 Å². The number of hydrogen-bond donors (Lipinski definition) is 1. The predicted octanol–water partition coefficient (Wildman–Crippen LogP) is 4.20. The number of hydrogen-bond acceptors (Lipinski definition) is 4. The molecule has 5 nitrogen and oxygen atoms in total. The highest BCUT2D eigenvalue weighted by Gasteiger charge is 2.51. The second kappa shape index (κ2) is 8.16. The van der Waals surface area contributed by atoms with E-state index < -0.39 is 23.7 Å². The van der Waals surface area contributed by atoms with Gasteiger partial charge in [-0.15, -0.1) is 0 Å². The van der Waals surface area contributed by atoms with E-state index in [9.17, 15) is 22.8 Å². The van der Waals surface area contributed by atoms with Gasteiger partial charge in [0.1, 0.15) is 17.3 Å². The van der Waals surface area contributed by atoms with Crippen molar-refractivity contribution in [1.82, 2.24) is 10.2 Å². The Morgan fingerprint density at radius 1 is 1.33 bits per heavy atom. The van der Waals surface area contributed by atoms with Crippen LogP contribution in [0.5, 0.6) is 5.75 Å². The molecule has 2 aliphatic heterocycles. The summed E-state index contributed by atoms with van der Waals surface area (Å²) < 4.78 is 45.2. The number of allylic oxidation sites excluding steroid dienone is 3. The molecule has 3 rings (SSSR count). The van der Waals surface area contributed by atoms with Gasteiger partial charge >= 0.3 is 12.1 Å². The van der Waals surface area contributed by atoms with Crippen LogP contribution >= 0.6 is 0 Å². The van der Waals surface area contributed by atoms with Crippen LogP contribution < -0.4 is 10.1 Å². The molecule has 0 radical (unpaired) electrons. The van der Waals surface area contributed by atoms with Crippen LogP contribution in [0.2, 0.25) is 0 Å². The van der Waals surface area contributed by atoms with Crippen LogP contribution in [-0.4, -0.2) is 35.4 Å². The number of rotatable bonds is 4. The average molecular weight is 422 g/mol. The molecular formula is C22H25F3N2O3. The molecule has 2 atom stereocenters. The molecule has 2 unspecified atom stereocenters. The Labute approximate surface area is 173 Å². The lowest BCUT2D eigenvalue weighted by molar-refractivity contribution is -0.175. The molecule has 0 spiro atoms. The molecule has 0 saturated carbocycles. The van der Waals surface area contributed by atoms with Gasteiger partial charge < -0.3 is 15.0 Å². The number of alkyl halides is 3. The summed E-state index contributed by atoms with van der Waals surface area (Å²) in [5.74, 6) is -1.09. The zero-order valence-electron chi connectivity index (χ0n) is 17.2. The van der Waals surface area contributed by atoms with Crippen molar-refractivity contribution in [3.63, 3.8) is 0 Å². The number of para-hydroxylation sites is 1. The smallest absolute Gasteiger partial charge is 0.455 e. The third-order valence-corrected chi connectivity index (χ3v) is 5.67. The van der Waals surface area contributed by atoms with Crippen LogP contribution in [0.4, 0.5) is 13.2 Å². The second-order valence-corrected chi connectivity index (χ2v) is 7.75. The number of amides is 1. The molecule has 2 heterocycles. The third-order valence-electron chi connectivity index (χ3n) is 5.67. The molecule has 1 amide bonds. The van der Waals surface area contributed by atoms with E-state index in [0.29, 0.717) is 42.2 Å². The number of Topliss-reactive ketones (excluding diaryl/α,β-unsaturated/α-hetero) is 1. The van der Waals surface area contributed by atoms with E-state index in [2.05, 4.69) is 5.32 Å². The molecule has 1 aromatic carbocycles. The summed E-state index contributed by atoms with van der Waals surface area (Å²) in [5.41, 5.74) is 0.243. The number of ketones is 1. The lowest BCUT2D eigenvalue weighted by Gasteiger charge is -2.51. The number of nitrogens with one attached hydrogen (secondary N) is 1. The van der Waals surface area contributed by atoms with Gasteiger partial charge in [0.2, 0.25) is 0 Å². The minimum absolute atomic E-state index is 0.0726. The SMILES string of the molecule is C/C=C\C1=C(CC(C)=O)N2CCCC(NC(=O)C(F)(F)F)C2(C)c2ccccc2O1. The number of benzene rings is 1. The lowest BCUT2D eigenvalue weighted by atomic mass is 9.76. The molecule has 1 fully saturated rings. The van der Waals surface area contributed by atoms with Crippen molar-refractivity contribution in [2.45, 2.75) is 57.8 Å². The van der Waals surface area contributed by atoms with Gasteiger partial charge in [0.25, 0.3) is 0 Å². The number of nitrogens with zero attached hydrogens (tertiary/aromatic N) is 1. The fourth-order valence-electron chi connectivity index (χ4n) is 4.34. The van der Waals surface area contributed by atoms with E-state index in [-0.39, 0.29) is 12.2 Å². The average Bonchev–Trinajstić information content (AvgIpc) is 2.76. The van der Waals surface area contributed by atoms with Crippen LogP contribution in [0.3, 0.4) is 0 Å². The maximum atomic E-state index is 13.0. The number of fused-ring (bicyclic) bond motifs is 3. The Morgan fingerprint density at radius 3 is 2.67 bits per heavy atom. The number of carbonyl (C=O) groups is 2. The van der Waals surface area contributed by atoms with E-state index >= 15 is 0 Å². The minimum atomic E-state index is -4.98. The van der Waals surface area contributed by atoms with E-state index in [0.717, 1.165) is 0 Å². The van der Waals surface area contributed by atoms with Gasteiger partial charge in [0.15, 0.2) is 0 Å². The molecule has 2 aliphatic rings. The van der Waals surface area contributed by atoms with E-state index in [4.69, 9.17) is 4.74 Å². The van der Waals surface area contributed by atoms with Crippen molar-refractivity contribution in [2.75, 3.05) is 6.54 Å². The van der Waals surface area contributed by atoms with Crippen LogP contribution in [0.15, 0.2) is 47.9 Å². The standard InChI is InChI=1S/C22H25F3N2O3/c1-4-8-18-16(13-14(2)28)27-12-7-11-19(26-20(29)22(23,24)25)21(27,3)15-9-5-6-10-17(15)30-18/h4-6,8-10,19H,7,11-13H2,1-3H3,(H,26,29)/b8-4-. The van der Waals surface area contributed by atoms with E-state index in [1.807, 2.05) is 11.8 Å². The zero-order chi connectivity index (χ0) is 22.1. The maximum absolute atomic E-state index is 13.0. The number of halogens is 3. The fraction of sp³-hybridized carbons (Fsp3) is 0.455. The Kier molecular flexibility index (Phi) is 5.97. The van der Waals surface area contributed by atoms with Crippen molar-refractivity contribution in [3.05, 3.63) is 53.4 Å². The van der Waals surface area contributed by atoms with Crippen molar-refractivity contribution >= 4 is 11.7 Å². The Bertz CT molecular complexity index is 907. The van der Waals surface area contributed by atoms with Crippen molar-refractivity contribution in [1.29, 1.82) is 0 Å². The van der Waals surface area contributed by atoms with Gasteiger partial charge in [0.05, 0.1) is 17.3 Å². The molecule has 0 aromatic heterocycles. The monoisotopic (exact) mass is 422 g/mol. The summed E-state index contributed by atoms with van der Waals surface area (Å²) in [6, 6.07) is 6.29. The number of carbonyl (C=O) groups excluding carboxylic acids is 2. The molecule has 1 aromatic rings. The Morgan fingerprint density at radius 2 is 2.03 bits per heavy atom. The molecule has 0 bridgehead atoms. The summed E-state index contributed by atoms with van der Waals surface area (Å²) in [7, 11) is 0. The first kappa shape index (κ1) is 21.9. The van der Waals surface area contributed by atoms with Gasteiger partial charge in [-0.3, -0.25) is 9.59 Å². The summed E-state index contributed by atoms with van der Waals surface area (Å²) in [6.45, 7) is 5.60. The largest absolute Gasteiger partial charge is 0.471 e. The van der Waals surface area contributed by atoms with Crippen molar-refractivity contribution in [2.24, 2.45) is 0 Å². The zero-order valence-corrected chi connectivity index (χ0v) is 17.2. The lowest BCUT2D eigenvalue weighted by Crippen LogP contribution is -2.62. The van der Waals surface area contributed by atoms with Crippen LogP contribution in [0.1, 0.15) is 45.6 Å². The first-order chi connectivity index (χ1) is 14.1. The highest BCUT2D eigenvalue weighted by atomic mass is 19.4. The van der Waals surface area contributed by atoms with Crippen LogP contribution in [0.25, 0.3) is 0 Å². The van der Waals surface area contributed by atoms with E-state index in [1.54, 1.807) is 43.3 Å². The summed E-state index contributed by atoms with van der Waals surface area (Å²) in [6.07, 6.45) is -0.441. The molecule has 1 saturated heterocycles. The summed E-state index contributed by atoms with van der Waals surface area (Å²) in [5, 5.41) is 2.20.